The molecule has 4 aromatic carbocycles. The third kappa shape index (κ3) is 4.46. The SMILES string of the molecule is O=S(=O)(c1ccc(Oc2ccc(S(=O)(=O)c3ccccc3F)cc2)cc1)c1ccccc1O. The lowest BCUT2D eigenvalue weighted by molar-refractivity contribution is 0.458. The number of rotatable bonds is 6. The minimum Gasteiger partial charge on any atom is -0.507 e. The van der Waals surface area contributed by atoms with Crippen molar-refractivity contribution in [3.05, 3.63) is 103 Å². The Kier molecular flexibility index (Phi) is 5.92. The van der Waals surface area contributed by atoms with Gasteiger partial charge in [-0.25, -0.2) is 21.2 Å². The molecule has 0 saturated carbocycles. The summed E-state index contributed by atoms with van der Waals surface area (Å²) in [5.41, 5.74) is 0. The van der Waals surface area contributed by atoms with E-state index in [9.17, 15) is 26.3 Å². The predicted molar refractivity (Wildman–Crippen MR) is 118 cm³/mol. The van der Waals surface area contributed by atoms with E-state index in [4.69, 9.17) is 4.74 Å². The van der Waals surface area contributed by atoms with Gasteiger partial charge in [0, 0.05) is 0 Å². The van der Waals surface area contributed by atoms with E-state index in [-0.39, 0.29) is 20.4 Å². The van der Waals surface area contributed by atoms with Crippen molar-refractivity contribution in [1.82, 2.24) is 0 Å². The molecule has 0 aromatic heterocycles. The van der Waals surface area contributed by atoms with Crippen LogP contribution in [-0.4, -0.2) is 21.9 Å². The molecule has 0 saturated heterocycles. The van der Waals surface area contributed by atoms with Gasteiger partial charge in [-0.2, -0.15) is 0 Å². The third-order valence-corrected chi connectivity index (χ3v) is 8.40. The van der Waals surface area contributed by atoms with Crippen molar-refractivity contribution >= 4 is 19.7 Å². The summed E-state index contributed by atoms with van der Waals surface area (Å²) in [5, 5.41) is 9.86. The molecule has 0 bridgehead atoms. The van der Waals surface area contributed by atoms with Crippen LogP contribution in [-0.2, 0) is 19.7 Å². The molecule has 33 heavy (non-hydrogen) atoms. The van der Waals surface area contributed by atoms with Gasteiger partial charge in [-0.15, -0.1) is 0 Å². The zero-order chi connectivity index (χ0) is 23.6. The summed E-state index contributed by atoms with van der Waals surface area (Å²) in [5.74, 6) is -0.560. The number of aromatic hydroxyl groups is 1. The smallest absolute Gasteiger partial charge is 0.210 e. The summed E-state index contributed by atoms with van der Waals surface area (Å²) in [4.78, 5) is -0.739. The normalized spacial score (nSPS) is 11.8. The maximum absolute atomic E-state index is 13.9. The van der Waals surface area contributed by atoms with Crippen LogP contribution in [0.15, 0.2) is 117 Å². The molecule has 0 fully saturated rings. The Morgan fingerprint density at radius 3 is 1.48 bits per heavy atom. The number of para-hydroxylation sites is 1. The maximum Gasteiger partial charge on any atom is 0.210 e. The quantitative estimate of drug-likeness (QED) is 0.414. The Labute approximate surface area is 190 Å². The Morgan fingerprint density at radius 2 is 1.00 bits per heavy atom. The first-order valence-corrected chi connectivity index (χ1v) is 12.6. The van der Waals surface area contributed by atoms with E-state index in [0.29, 0.717) is 11.5 Å². The first kappa shape index (κ1) is 22.5. The maximum atomic E-state index is 13.9. The Morgan fingerprint density at radius 1 is 0.576 bits per heavy atom. The van der Waals surface area contributed by atoms with E-state index in [1.807, 2.05) is 0 Å². The number of hydrogen-bond acceptors (Lipinski definition) is 6. The summed E-state index contributed by atoms with van der Waals surface area (Å²) in [6, 6.07) is 21.8. The topological polar surface area (TPSA) is 97.7 Å². The lowest BCUT2D eigenvalue weighted by Gasteiger charge is -2.10. The number of benzene rings is 4. The molecule has 1 N–H and O–H groups in total. The van der Waals surface area contributed by atoms with Crippen LogP contribution in [0.1, 0.15) is 0 Å². The van der Waals surface area contributed by atoms with E-state index >= 15 is 0 Å². The van der Waals surface area contributed by atoms with Crippen molar-refractivity contribution in [2.75, 3.05) is 0 Å². The fraction of sp³-hybridized carbons (Fsp3) is 0. The zero-order valence-corrected chi connectivity index (χ0v) is 18.6. The summed E-state index contributed by atoms with van der Waals surface area (Å²) < 4.78 is 70.3. The van der Waals surface area contributed by atoms with Gasteiger partial charge in [0.05, 0.1) is 9.79 Å². The molecule has 9 heteroatoms. The highest BCUT2D eigenvalue weighted by Gasteiger charge is 2.22. The van der Waals surface area contributed by atoms with Crippen LogP contribution in [0.5, 0.6) is 17.2 Å². The van der Waals surface area contributed by atoms with E-state index in [0.717, 1.165) is 6.07 Å². The molecular weight excluding hydrogens is 467 g/mol. The first-order valence-electron chi connectivity index (χ1n) is 9.60. The molecule has 4 aromatic rings. The number of ether oxygens (including phenoxy) is 1. The summed E-state index contributed by atoms with van der Waals surface area (Å²) in [7, 11) is -7.94. The molecule has 0 unspecified atom stereocenters. The van der Waals surface area contributed by atoms with Crippen LogP contribution in [0.4, 0.5) is 4.39 Å². The van der Waals surface area contributed by atoms with Crippen molar-refractivity contribution in [2.24, 2.45) is 0 Å². The van der Waals surface area contributed by atoms with Crippen LogP contribution in [0, 0.1) is 5.82 Å². The van der Waals surface area contributed by atoms with Gasteiger partial charge in [-0.05, 0) is 72.8 Å². The minimum absolute atomic E-state index is 0.0253. The van der Waals surface area contributed by atoms with Crippen LogP contribution in [0.25, 0.3) is 0 Å². The van der Waals surface area contributed by atoms with Crippen molar-refractivity contribution in [1.29, 1.82) is 0 Å². The summed E-state index contributed by atoms with van der Waals surface area (Å²) in [6.07, 6.45) is 0. The third-order valence-electron chi connectivity index (χ3n) is 4.78. The van der Waals surface area contributed by atoms with Crippen LogP contribution in [0.2, 0.25) is 0 Å². The van der Waals surface area contributed by atoms with Crippen LogP contribution in [0.3, 0.4) is 0 Å². The molecule has 168 valence electrons. The second kappa shape index (κ2) is 8.68. The van der Waals surface area contributed by atoms with Gasteiger partial charge >= 0.3 is 0 Å². The van der Waals surface area contributed by atoms with Gasteiger partial charge in [0.2, 0.25) is 19.7 Å². The summed E-state index contributed by atoms with van der Waals surface area (Å²) in [6.45, 7) is 0. The van der Waals surface area contributed by atoms with Gasteiger partial charge in [-0.3, -0.25) is 0 Å². The molecule has 0 spiro atoms. The molecule has 0 aliphatic carbocycles. The second-order valence-electron chi connectivity index (χ2n) is 6.95. The molecule has 0 atom stereocenters. The van der Waals surface area contributed by atoms with Gasteiger partial charge in [0.1, 0.15) is 32.9 Å². The monoisotopic (exact) mass is 484 g/mol. The van der Waals surface area contributed by atoms with Crippen molar-refractivity contribution in [3.8, 4) is 17.2 Å². The molecule has 0 radical (unpaired) electrons. The van der Waals surface area contributed by atoms with Crippen molar-refractivity contribution in [3.63, 3.8) is 0 Å². The van der Waals surface area contributed by atoms with Crippen LogP contribution < -0.4 is 4.74 Å². The van der Waals surface area contributed by atoms with Gasteiger partial charge in [0.15, 0.2) is 0 Å². The van der Waals surface area contributed by atoms with Gasteiger partial charge in [0.25, 0.3) is 0 Å². The van der Waals surface area contributed by atoms with Crippen LogP contribution >= 0.6 is 0 Å². The molecule has 0 amide bonds. The standard InChI is InChI=1S/C24H17FO6S2/c25-21-5-1-3-7-23(21)32(27,28)19-13-9-17(10-14-19)31-18-11-15-20(16-12-18)33(29,30)24-8-4-2-6-22(24)26/h1-16,26H. The van der Waals surface area contributed by atoms with E-state index < -0.39 is 30.4 Å². The zero-order valence-electron chi connectivity index (χ0n) is 16.9. The molecule has 6 nitrogen and oxygen atoms in total. The fourth-order valence-corrected chi connectivity index (χ4v) is 5.79. The Balaban J connectivity index is 1.54. The molecular formula is C24H17FO6S2. The van der Waals surface area contributed by atoms with Gasteiger partial charge in [-0.1, -0.05) is 24.3 Å². The van der Waals surface area contributed by atoms with E-state index in [1.54, 1.807) is 0 Å². The minimum atomic E-state index is -4.03. The highest BCUT2D eigenvalue weighted by atomic mass is 32.2. The first-order chi connectivity index (χ1) is 15.7. The van der Waals surface area contributed by atoms with E-state index in [1.165, 1.54) is 91.0 Å². The average Bonchev–Trinajstić information content (AvgIpc) is 2.80. The lowest BCUT2D eigenvalue weighted by Crippen LogP contribution is -2.04. The summed E-state index contributed by atoms with van der Waals surface area (Å²) >= 11 is 0. The number of hydrogen-bond donors (Lipinski definition) is 1. The van der Waals surface area contributed by atoms with E-state index in [2.05, 4.69) is 0 Å². The largest absolute Gasteiger partial charge is 0.507 e. The highest BCUT2D eigenvalue weighted by Crippen LogP contribution is 2.31. The highest BCUT2D eigenvalue weighted by molar-refractivity contribution is 7.91. The average molecular weight is 485 g/mol. The molecule has 0 aliphatic rings. The fourth-order valence-electron chi connectivity index (χ4n) is 3.11. The second-order valence-corrected chi connectivity index (χ2v) is 10.8. The molecule has 4 rings (SSSR count). The Bertz CT molecular complexity index is 1400. The number of phenolic OH excluding ortho intramolecular Hbond substituents is 1. The Hall–Kier alpha value is -3.69. The number of halogens is 1. The lowest BCUT2D eigenvalue weighted by atomic mass is 10.3. The number of phenols is 1. The van der Waals surface area contributed by atoms with Crippen molar-refractivity contribution < 1.29 is 31.1 Å². The molecule has 0 aliphatic heterocycles. The van der Waals surface area contributed by atoms with Gasteiger partial charge < -0.3 is 9.84 Å². The number of sulfone groups is 2. The predicted octanol–water partition coefficient (Wildman–Crippen LogP) is 4.99. The molecule has 0 heterocycles. The van der Waals surface area contributed by atoms with Crippen molar-refractivity contribution in [2.45, 2.75) is 19.6 Å².